The molecule has 1 aliphatic carbocycles. The number of carboxylic acids is 1. The number of carboxylic acid groups (broad SMARTS) is 1. The van der Waals surface area contributed by atoms with Crippen LogP contribution < -0.4 is 5.32 Å². The molecule has 1 atom stereocenters. The van der Waals surface area contributed by atoms with Gasteiger partial charge in [-0.25, -0.2) is 9.59 Å². The Balaban J connectivity index is 2.34. The number of nitrogens with zero attached hydrogens (tertiary/aromatic N) is 1. The first-order valence-corrected chi connectivity index (χ1v) is 5.29. The van der Waals surface area contributed by atoms with Crippen LogP contribution >= 0.6 is 0 Å². The number of carbonyl (C=O) groups is 2. The summed E-state index contributed by atoms with van der Waals surface area (Å²) in [6.07, 6.45) is 2.75. The van der Waals surface area contributed by atoms with Crippen LogP contribution in [0, 0.1) is 5.92 Å². The molecule has 0 bridgehead atoms. The lowest BCUT2D eigenvalue weighted by Crippen LogP contribution is -2.46. The van der Waals surface area contributed by atoms with E-state index in [2.05, 4.69) is 5.32 Å². The molecule has 5 nitrogen and oxygen atoms in total. The lowest BCUT2D eigenvalue weighted by atomic mass is 10.2. The Labute approximate surface area is 89.4 Å². The minimum absolute atomic E-state index is 0.295. The van der Waals surface area contributed by atoms with Crippen LogP contribution in [0.1, 0.15) is 26.2 Å². The standard InChI is InChI=1S/C10H18N2O3/c1-3-8(9(13)14)11-10(15)12(2)6-7-4-5-7/h7-8H,3-6H2,1-2H3,(H,11,15)(H,13,14)/t8-/m1/s1. The molecule has 15 heavy (non-hydrogen) atoms. The van der Waals surface area contributed by atoms with E-state index in [1.54, 1.807) is 18.9 Å². The van der Waals surface area contributed by atoms with E-state index in [0.717, 1.165) is 6.54 Å². The van der Waals surface area contributed by atoms with Crippen molar-refractivity contribution in [1.82, 2.24) is 10.2 Å². The highest BCUT2D eigenvalue weighted by Gasteiger charge is 2.26. The van der Waals surface area contributed by atoms with Crippen LogP contribution in [-0.2, 0) is 4.79 Å². The summed E-state index contributed by atoms with van der Waals surface area (Å²) < 4.78 is 0. The molecule has 86 valence electrons. The number of hydrogen-bond donors (Lipinski definition) is 2. The number of urea groups is 1. The topological polar surface area (TPSA) is 69.6 Å². The molecule has 2 amide bonds. The van der Waals surface area contributed by atoms with Crippen LogP contribution in [0.5, 0.6) is 0 Å². The van der Waals surface area contributed by atoms with Gasteiger partial charge in [0.25, 0.3) is 0 Å². The quantitative estimate of drug-likeness (QED) is 0.714. The maximum absolute atomic E-state index is 11.5. The van der Waals surface area contributed by atoms with Crippen molar-refractivity contribution in [3.63, 3.8) is 0 Å². The van der Waals surface area contributed by atoms with E-state index >= 15 is 0 Å². The van der Waals surface area contributed by atoms with Crippen molar-refractivity contribution in [2.45, 2.75) is 32.2 Å². The van der Waals surface area contributed by atoms with Gasteiger partial charge >= 0.3 is 12.0 Å². The number of rotatable bonds is 5. The molecule has 1 fully saturated rings. The molecule has 2 N–H and O–H groups in total. The molecule has 0 aromatic heterocycles. The summed E-state index contributed by atoms with van der Waals surface area (Å²) in [5.41, 5.74) is 0. The zero-order valence-corrected chi connectivity index (χ0v) is 9.19. The molecule has 0 aromatic carbocycles. The number of aliphatic carboxylic acids is 1. The molecule has 0 heterocycles. The minimum atomic E-state index is -0.981. The Morgan fingerprint density at radius 1 is 1.53 bits per heavy atom. The normalized spacial score (nSPS) is 16.9. The second kappa shape index (κ2) is 5.00. The molecule has 0 aromatic rings. The summed E-state index contributed by atoms with van der Waals surface area (Å²) in [7, 11) is 1.70. The maximum atomic E-state index is 11.5. The van der Waals surface area contributed by atoms with Crippen molar-refractivity contribution < 1.29 is 14.7 Å². The van der Waals surface area contributed by atoms with Gasteiger partial charge in [-0.1, -0.05) is 6.92 Å². The summed E-state index contributed by atoms with van der Waals surface area (Å²) >= 11 is 0. The number of carbonyl (C=O) groups excluding carboxylic acids is 1. The zero-order chi connectivity index (χ0) is 11.4. The monoisotopic (exact) mass is 214 g/mol. The van der Waals surface area contributed by atoms with Gasteiger partial charge in [0.15, 0.2) is 0 Å². The maximum Gasteiger partial charge on any atom is 0.326 e. The predicted molar refractivity (Wildman–Crippen MR) is 55.6 cm³/mol. The van der Waals surface area contributed by atoms with E-state index in [4.69, 9.17) is 5.11 Å². The van der Waals surface area contributed by atoms with Crippen molar-refractivity contribution >= 4 is 12.0 Å². The smallest absolute Gasteiger partial charge is 0.326 e. The van der Waals surface area contributed by atoms with Crippen molar-refractivity contribution in [2.24, 2.45) is 5.92 Å². The third kappa shape index (κ3) is 3.77. The molecule has 0 saturated heterocycles. The number of hydrogen-bond acceptors (Lipinski definition) is 2. The first kappa shape index (κ1) is 11.8. The van der Waals surface area contributed by atoms with Gasteiger partial charge in [0, 0.05) is 13.6 Å². The van der Waals surface area contributed by atoms with Gasteiger partial charge in [-0.3, -0.25) is 0 Å². The van der Waals surface area contributed by atoms with E-state index < -0.39 is 12.0 Å². The fourth-order valence-corrected chi connectivity index (χ4v) is 1.37. The molecular formula is C10H18N2O3. The predicted octanol–water partition coefficient (Wildman–Crippen LogP) is 0.901. The first-order chi connectivity index (χ1) is 7.04. The molecule has 0 radical (unpaired) electrons. The summed E-state index contributed by atoms with van der Waals surface area (Å²) in [4.78, 5) is 23.8. The average Bonchev–Trinajstić information content (AvgIpc) is 2.96. The fourth-order valence-electron chi connectivity index (χ4n) is 1.37. The Morgan fingerprint density at radius 2 is 2.13 bits per heavy atom. The Bertz CT molecular complexity index is 251. The largest absolute Gasteiger partial charge is 0.480 e. The van der Waals surface area contributed by atoms with Gasteiger partial charge in [-0.15, -0.1) is 0 Å². The van der Waals surface area contributed by atoms with Crippen molar-refractivity contribution in [1.29, 1.82) is 0 Å². The zero-order valence-electron chi connectivity index (χ0n) is 9.19. The van der Waals surface area contributed by atoms with Crippen LogP contribution in [0.15, 0.2) is 0 Å². The van der Waals surface area contributed by atoms with Gasteiger partial charge in [-0.05, 0) is 25.2 Å². The third-order valence-electron chi connectivity index (χ3n) is 2.58. The summed E-state index contributed by atoms with van der Waals surface area (Å²) in [6, 6.07) is -1.07. The number of nitrogens with one attached hydrogen (secondary N) is 1. The molecule has 1 rings (SSSR count). The lowest BCUT2D eigenvalue weighted by molar-refractivity contribution is -0.139. The highest BCUT2D eigenvalue weighted by atomic mass is 16.4. The van der Waals surface area contributed by atoms with Crippen LogP contribution in [0.4, 0.5) is 4.79 Å². The Morgan fingerprint density at radius 3 is 2.53 bits per heavy atom. The van der Waals surface area contributed by atoms with E-state index in [9.17, 15) is 9.59 Å². The molecular weight excluding hydrogens is 196 g/mol. The van der Waals surface area contributed by atoms with E-state index in [0.29, 0.717) is 12.3 Å². The summed E-state index contributed by atoms with van der Waals surface area (Å²) in [6.45, 7) is 2.46. The Kier molecular flexibility index (Phi) is 3.94. The Hall–Kier alpha value is -1.26. The lowest BCUT2D eigenvalue weighted by Gasteiger charge is -2.20. The van der Waals surface area contributed by atoms with Crippen molar-refractivity contribution in [3.8, 4) is 0 Å². The molecule has 0 unspecified atom stereocenters. The molecule has 0 spiro atoms. The van der Waals surface area contributed by atoms with Gasteiger partial charge in [0.1, 0.15) is 6.04 Å². The van der Waals surface area contributed by atoms with E-state index in [1.807, 2.05) is 0 Å². The van der Waals surface area contributed by atoms with E-state index in [1.165, 1.54) is 12.8 Å². The van der Waals surface area contributed by atoms with E-state index in [-0.39, 0.29) is 6.03 Å². The number of amides is 2. The second-order valence-electron chi connectivity index (χ2n) is 4.07. The third-order valence-corrected chi connectivity index (χ3v) is 2.58. The van der Waals surface area contributed by atoms with Crippen molar-refractivity contribution in [2.75, 3.05) is 13.6 Å². The van der Waals surface area contributed by atoms with Crippen molar-refractivity contribution in [3.05, 3.63) is 0 Å². The fraction of sp³-hybridized carbons (Fsp3) is 0.800. The molecule has 0 aliphatic heterocycles. The molecule has 1 aliphatic rings. The van der Waals surface area contributed by atoms with Gasteiger partial charge in [0.05, 0.1) is 0 Å². The SMILES string of the molecule is CC[C@@H](NC(=O)N(C)CC1CC1)C(=O)O. The first-order valence-electron chi connectivity index (χ1n) is 5.29. The van der Waals surface area contributed by atoms with Crippen LogP contribution in [0.25, 0.3) is 0 Å². The van der Waals surface area contributed by atoms with Gasteiger partial charge in [0.2, 0.25) is 0 Å². The molecule has 1 saturated carbocycles. The molecule has 5 heteroatoms. The highest BCUT2D eigenvalue weighted by molar-refractivity contribution is 5.82. The van der Waals surface area contributed by atoms with Gasteiger partial charge < -0.3 is 15.3 Å². The average molecular weight is 214 g/mol. The van der Waals surface area contributed by atoms with Gasteiger partial charge in [-0.2, -0.15) is 0 Å². The summed E-state index contributed by atoms with van der Waals surface area (Å²) in [5.74, 6) is -0.365. The highest BCUT2D eigenvalue weighted by Crippen LogP contribution is 2.29. The van der Waals surface area contributed by atoms with Crippen LogP contribution in [0.3, 0.4) is 0 Å². The van der Waals surface area contributed by atoms with Crippen LogP contribution in [0.2, 0.25) is 0 Å². The summed E-state index contributed by atoms with van der Waals surface area (Å²) in [5, 5.41) is 11.3. The second-order valence-corrected chi connectivity index (χ2v) is 4.07. The minimum Gasteiger partial charge on any atom is -0.480 e. The van der Waals surface area contributed by atoms with Crippen LogP contribution in [-0.4, -0.2) is 41.6 Å².